The molecule has 2 heterocycles. The minimum atomic E-state index is -4.18. The summed E-state index contributed by atoms with van der Waals surface area (Å²) in [5.74, 6) is -0.661. The van der Waals surface area contributed by atoms with Gasteiger partial charge in [0.25, 0.3) is 0 Å². The number of alkyl halides is 3. The monoisotopic (exact) mass is 366 g/mol. The number of carbonyl (C=O) groups is 1. The lowest BCUT2D eigenvalue weighted by atomic mass is 9.58. The van der Waals surface area contributed by atoms with Crippen molar-refractivity contribution < 1.29 is 22.4 Å². The molecule has 4 rings (SSSR count). The van der Waals surface area contributed by atoms with Crippen LogP contribution in [0.5, 0.6) is 0 Å². The first kappa shape index (κ1) is 17.2. The molecule has 2 aromatic rings. The molecular weight excluding hydrogens is 345 g/mol. The Morgan fingerprint density at radius 2 is 2.08 bits per heavy atom. The zero-order chi connectivity index (χ0) is 18.4. The van der Waals surface area contributed by atoms with Gasteiger partial charge in [0.1, 0.15) is 11.3 Å². The van der Waals surface area contributed by atoms with Gasteiger partial charge in [0.05, 0.1) is 12.5 Å². The smallest absolute Gasteiger partial charge is 0.392 e. The Morgan fingerprint density at radius 3 is 2.73 bits per heavy atom. The SMILES string of the molecule is O=C(NCc1cc2ccccc2o1)N1CCC(C(F)(F)F)C2(CCC2)C1. The molecule has 2 aliphatic rings. The number of para-hydroxylation sites is 1. The summed E-state index contributed by atoms with van der Waals surface area (Å²) >= 11 is 0. The van der Waals surface area contributed by atoms with Crippen molar-refractivity contribution in [3.63, 3.8) is 0 Å². The summed E-state index contributed by atoms with van der Waals surface area (Å²) in [6.45, 7) is 0.542. The summed E-state index contributed by atoms with van der Waals surface area (Å²) in [4.78, 5) is 14.0. The molecule has 4 nitrogen and oxygen atoms in total. The molecule has 2 amide bonds. The van der Waals surface area contributed by atoms with E-state index < -0.39 is 17.5 Å². The van der Waals surface area contributed by atoms with Crippen molar-refractivity contribution in [2.24, 2.45) is 11.3 Å². The average Bonchev–Trinajstić information content (AvgIpc) is 2.99. The zero-order valence-corrected chi connectivity index (χ0v) is 14.3. The van der Waals surface area contributed by atoms with Crippen molar-refractivity contribution in [1.82, 2.24) is 10.2 Å². The van der Waals surface area contributed by atoms with Gasteiger partial charge in [-0.2, -0.15) is 13.2 Å². The van der Waals surface area contributed by atoms with Crippen LogP contribution in [0.25, 0.3) is 11.0 Å². The van der Waals surface area contributed by atoms with Crippen molar-refractivity contribution in [2.45, 2.75) is 38.4 Å². The normalized spacial score (nSPS) is 22.4. The maximum atomic E-state index is 13.3. The number of fused-ring (bicyclic) bond motifs is 1. The van der Waals surface area contributed by atoms with Crippen LogP contribution < -0.4 is 5.32 Å². The average molecular weight is 366 g/mol. The summed E-state index contributed by atoms with van der Waals surface area (Å²) in [7, 11) is 0. The molecule has 1 aliphatic carbocycles. The lowest BCUT2D eigenvalue weighted by Gasteiger charge is -2.54. The molecule has 1 atom stereocenters. The van der Waals surface area contributed by atoms with E-state index in [9.17, 15) is 18.0 Å². The minimum Gasteiger partial charge on any atom is -0.459 e. The van der Waals surface area contributed by atoms with E-state index in [4.69, 9.17) is 4.42 Å². The summed E-state index contributed by atoms with van der Waals surface area (Å²) in [6.07, 6.45) is -2.30. The third kappa shape index (κ3) is 3.04. The quantitative estimate of drug-likeness (QED) is 0.838. The molecule has 1 aliphatic heterocycles. The number of benzene rings is 1. The number of hydrogen-bond donors (Lipinski definition) is 1. The Hall–Kier alpha value is -2.18. The number of carbonyl (C=O) groups excluding carboxylic acids is 1. The third-order valence-electron chi connectivity index (χ3n) is 5.85. The maximum Gasteiger partial charge on any atom is 0.392 e. The Kier molecular flexibility index (Phi) is 4.12. The summed E-state index contributed by atoms with van der Waals surface area (Å²) in [6, 6.07) is 9.09. The number of urea groups is 1. The number of nitrogens with zero attached hydrogens (tertiary/aromatic N) is 1. The van der Waals surface area contributed by atoms with Crippen LogP contribution in [-0.2, 0) is 6.54 Å². The molecule has 7 heteroatoms. The van der Waals surface area contributed by atoms with Crippen LogP contribution in [0.3, 0.4) is 0 Å². The predicted molar refractivity (Wildman–Crippen MR) is 90.5 cm³/mol. The highest BCUT2D eigenvalue weighted by Gasteiger charge is 2.58. The second-order valence-corrected chi connectivity index (χ2v) is 7.43. The number of furan rings is 1. The highest BCUT2D eigenvalue weighted by atomic mass is 19.4. The molecule has 140 valence electrons. The Labute approximate surface area is 149 Å². The summed E-state index contributed by atoms with van der Waals surface area (Å²) in [5, 5.41) is 3.74. The van der Waals surface area contributed by atoms with Crippen LogP contribution in [0.4, 0.5) is 18.0 Å². The van der Waals surface area contributed by atoms with E-state index in [1.165, 1.54) is 4.90 Å². The number of halogens is 3. The number of nitrogens with one attached hydrogen (secondary N) is 1. The van der Waals surface area contributed by atoms with Crippen molar-refractivity contribution in [3.05, 3.63) is 36.1 Å². The first-order valence-corrected chi connectivity index (χ1v) is 8.94. The molecule has 0 bridgehead atoms. The van der Waals surface area contributed by atoms with Gasteiger partial charge in [0.15, 0.2) is 0 Å². The molecule has 0 radical (unpaired) electrons. The second-order valence-electron chi connectivity index (χ2n) is 7.43. The Bertz CT molecular complexity index is 777. The van der Waals surface area contributed by atoms with E-state index in [1.54, 1.807) is 0 Å². The fraction of sp³-hybridized carbons (Fsp3) is 0.526. The zero-order valence-electron chi connectivity index (χ0n) is 14.3. The molecule has 1 spiro atoms. The lowest BCUT2D eigenvalue weighted by Crippen LogP contribution is -2.59. The number of hydrogen-bond acceptors (Lipinski definition) is 2. The Morgan fingerprint density at radius 1 is 1.31 bits per heavy atom. The lowest BCUT2D eigenvalue weighted by molar-refractivity contribution is -0.235. The van der Waals surface area contributed by atoms with Gasteiger partial charge in [-0.3, -0.25) is 0 Å². The highest BCUT2D eigenvalue weighted by molar-refractivity contribution is 5.78. The first-order chi connectivity index (χ1) is 12.4. The number of piperidine rings is 1. The van der Waals surface area contributed by atoms with Gasteiger partial charge in [0, 0.05) is 18.5 Å². The molecule has 1 aromatic carbocycles. The third-order valence-corrected chi connectivity index (χ3v) is 5.85. The van der Waals surface area contributed by atoms with Crippen LogP contribution in [-0.4, -0.2) is 30.2 Å². The Balaban J connectivity index is 1.39. The van der Waals surface area contributed by atoms with E-state index in [0.29, 0.717) is 18.6 Å². The molecule has 26 heavy (non-hydrogen) atoms. The van der Waals surface area contributed by atoms with Crippen LogP contribution >= 0.6 is 0 Å². The van der Waals surface area contributed by atoms with Crippen LogP contribution in [0.1, 0.15) is 31.4 Å². The van der Waals surface area contributed by atoms with E-state index in [-0.39, 0.29) is 32.1 Å². The number of likely N-dealkylation sites (tertiary alicyclic amines) is 1. The van der Waals surface area contributed by atoms with E-state index in [1.807, 2.05) is 30.3 Å². The van der Waals surface area contributed by atoms with Crippen LogP contribution in [0.2, 0.25) is 0 Å². The van der Waals surface area contributed by atoms with Crippen molar-refractivity contribution in [2.75, 3.05) is 13.1 Å². The van der Waals surface area contributed by atoms with Gasteiger partial charge in [0.2, 0.25) is 0 Å². The first-order valence-electron chi connectivity index (χ1n) is 8.94. The van der Waals surface area contributed by atoms with Gasteiger partial charge < -0.3 is 14.6 Å². The van der Waals surface area contributed by atoms with Crippen molar-refractivity contribution in [3.8, 4) is 0 Å². The van der Waals surface area contributed by atoms with Crippen LogP contribution in [0, 0.1) is 11.3 Å². The largest absolute Gasteiger partial charge is 0.459 e. The fourth-order valence-corrected chi connectivity index (χ4v) is 4.38. The van der Waals surface area contributed by atoms with Crippen LogP contribution in [0.15, 0.2) is 34.7 Å². The minimum absolute atomic E-state index is 0.0123. The molecular formula is C19H21F3N2O2. The van der Waals surface area contributed by atoms with Crippen molar-refractivity contribution >= 4 is 17.0 Å². The molecule has 1 N–H and O–H groups in total. The number of amides is 2. The van der Waals surface area contributed by atoms with Gasteiger partial charge in [-0.15, -0.1) is 0 Å². The second kappa shape index (κ2) is 6.21. The molecule has 1 saturated carbocycles. The fourth-order valence-electron chi connectivity index (χ4n) is 4.38. The van der Waals surface area contributed by atoms with E-state index in [2.05, 4.69) is 5.32 Å². The molecule has 1 unspecified atom stereocenters. The van der Waals surface area contributed by atoms with Gasteiger partial charge in [-0.05, 0) is 36.8 Å². The van der Waals surface area contributed by atoms with Gasteiger partial charge >= 0.3 is 12.2 Å². The van der Waals surface area contributed by atoms with E-state index >= 15 is 0 Å². The topological polar surface area (TPSA) is 45.5 Å². The predicted octanol–water partition coefficient (Wildman–Crippen LogP) is 4.70. The molecule has 1 saturated heterocycles. The van der Waals surface area contributed by atoms with E-state index in [0.717, 1.165) is 17.4 Å². The highest BCUT2D eigenvalue weighted by Crippen LogP contribution is 2.56. The molecule has 1 aromatic heterocycles. The molecule has 2 fully saturated rings. The summed E-state index contributed by atoms with van der Waals surface area (Å²) < 4.78 is 45.6. The standard InChI is InChI=1S/C19H21F3N2O2/c20-19(21,22)16-6-9-24(12-18(16)7-3-8-18)17(25)23-11-14-10-13-4-1-2-5-15(13)26-14/h1-2,4-5,10,16H,3,6-9,11-12H2,(H,23,25). The maximum absolute atomic E-state index is 13.3. The van der Waals surface area contributed by atoms with Gasteiger partial charge in [-0.25, -0.2) is 4.79 Å². The van der Waals surface area contributed by atoms with Crippen molar-refractivity contribution in [1.29, 1.82) is 0 Å². The van der Waals surface area contributed by atoms with Gasteiger partial charge in [-0.1, -0.05) is 24.6 Å². The number of rotatable bonds is 2. The summed E-state index contributed by atoms with van der Waals surface area (Å²) in [5.41, 5.74) is -0.0381.